The molecule has 1 atom stereocenters. The van der Waals surface area contributed by atoms with Crippen molar-refractivity contribution in [3.05, 3.63) is 23.5 Å². The van der Waals surface area contributed by atoms with Crippen LogP contribution in [-0.2, 0) is 4.74 Å². The number of nitriles is 1. The van der Waals surface area contributed by atoms with Crippen molar-refractivity contribution >= 4 is 0 Å². The van der Waals surface area contributed by atoms with Crippen molar-refractivity contribution in [2.45, 2.75) is 18.9 Å². The predicted molar refractivity (Wildman–Crippen MR) is 53.4 cm³/mol. The van der Waals surface area contributed by atoms with Gasteiger partial charge in [-0.05, 0) is 18.9 Å². The average molecular weight is 204 g/mol. The van der Waals surface area contributed by atoms with Crippen LogP contribution >= 0.6 is 0 Å². The molecule has 4 nitrogen and oxygen atoms in total. The summed E-state index contributed by atoms with van der Waals surface area (Å²) in [5, 5.41) is 8.92. The molecule has 0 aromatic carbocycles. The largest absolute Gasteiger partial charge is 0.494 e. The van der Waals surface area contributed by atoms with Gasteiger partial charge in [-0.15, -0.1) is 0 Å². The standard InChI is InChI=1S/C11H12N2O2/c1-14-11-7-13-9(5-8(11)6-12)10-3-2-4-15-10/h5,7,10H,2-4H2,1H3. The molecule has 15 heavy (non-hydrogen) atoms. The summed E-state index contributed by atoms with van der Waals surface area (Å²) in [5.41, 5.74) is 1.34. The Labute approximate surface area is 88.5 Å². The lowest BCUT2D eigenvalue weighted by atomic mass is 10.1. The van der Waals surface area contributed by atoms with E-state index in [0.29, 0.717) is 11.3 Å². The van der Waals surface area contributed by atoms with Crippen LogP contribution in [0.15, 0.2) is 12.3 Å². The number of ether oxygens (including phenoxy) is 2. The maximum Gasteiger partial charge on any atom is 0.154 e. The molecule has 78 valence electrons. The molecule has 1 aromatic rings. The van der Waals surface area contributed by atoms with Gasteiger partial charge in [0.25, 0.3) is 0 Å². The van der Waals surface area contributed by atoms with Crippen molar-refractivity contribution in [1.82, 2.24) is 4.98 Å². The van der Waals surface area contributed by atoms with Crippen molar-refractivity contribution in [3.8, 4) is 11.8 Å². The van der Waals surface area contributed by atoms with E-state index in [1.807, 2.05) is 0 Å². The van der Waals surface area contributed by atoms with Gasteiger partial charge in [0.2, 0.25) is 0 Å². The normalized spacial score (nSPS) is 19.9. The van der Waals surface area contributed by atoms with Crippen molar-refractivity contribution in [1.29, 1.82) is 5.26 Å². The highest BCUT2D eigenvalue weighted by atomic mass is 16.5. The Hall–Kier alpha value is -1.60. The number of methoxy groups -OCH3 is 1. The van der Waals surface area contributed by atoms with E-state index in [1.165, 1.54) is 7.11 Å². The minimum Gasteiger partial charge on any atom is -0.494 e. The lowest BCUT2D eigenvalue weighted by molar-refractivity contribution is 0.108. The van der Waals surface area contributed by atoms with E-state index in [1.54, 1.807) is 12.3 Å². The highest BCUT2D eigenvalue weighted by Gasteiger charge is 2.20. The summed E-state index contributed by atoms with van der Waals surface area (Å²) in [6, 6.07) is 3.83. The lowest BCUT2D eigenvalue weighted by Gasteiger charge is -2.10. The third-order valence-electron chi connectivity index (χ3n) is 2.49. The number of rotatable bonds is 2. The molecule has 1 aromatic heterocycles. The van der Waals surface area contributed by atoms with Crippen molar-refractivity contribution in [2.24, 2.45) is 0 Å². The SMILES string of the molecule is COc1cnc(C2CCCO2)cc1C#N. The number of hydrogen-bond donors (Lipinski definition) is 0. The highest BCUT2D eigenvalue weighted by Crippen LogP contribution is 2.29. The maximum atomic E-state index is 8.92. The zero-order valence-corrected chi connectivity index (χ0v) is 8.56. The first-order chi connectivity index (χ1) is 7.35. The quantitative estimate of drug-likeness (QED) is 0.737. The molecule has 1 aliphatic rings. The molecule has 0 aliphatic carbocycles. The molecule has 2 heterocycles. The molecule has 1 saturated heterocycles. The van der Waals surface area contributed by atoms with Crippen LogP contribution in [0.3, 0.4) is 0 Å². The van der Waals surface area contributed by atoms with Gasteiger partial charge in [-0.2, -0.15) is 5.26 Å². The van der Waals surface area contributed by atoms with E-state index in [-0.39, 0.29) is 6.10 Å². The van der Waals surface area contributed by atoms with Crippen LogP contribution in [0.4, 0.5) is 0 Å². The van der Waals surface area contributed by atoms with Crippen LogP contribution in [0.2, 0.25) is 0 Å². The predicted octanol–water partition coefficient (Wildman–Crippen LogP) is 1.81. The summed E-state index contributed by atoms with van der Waals surface area (Å²) in [5.74, 6) is 0.513. The van der Waals surface area contributed by atoms with E-state index >= 15 is 0 Å². The van der Waals surface area contributed by atoms with Crippen LogP contribution in [0.25, 0.3) is 0 Å². The molecule has 2 rings (SSSR count). The zero-order valence-electron chi connectivity index (χ0n) is 8.56. The Kier molecular flexibility index (Phi) is 2.84. The van der Waals surface area contributed by atoms with Gasteiger partial charge in [0, 0.05) is 6.61 Å². The van der Waals surface area contributed by atoms with Gasteiger partial charge >= 0.3 is 0 Å². The van der Waals surface area contributed by atoms with E-state index in [0.717, 1.165) is 25.1 Å². The molecule has 0 amide bonds. The third-order valence-corrected chi connectivity index (χ3v) is 2.49. The Bertz CT molecular complexity index is 392. The van der Waals surface area contributed by atoms with E-state index in [4.69, 9.17) is 14.7 Å². The minimum atomic E-state index is 0.0445. The van der Waals surface area contributed by atoms with Gasteiger partial charge < -0.3 is 9.47 Å². The van der Waals surface area contributed by atoms with Crippen LogP contribution in [0.5, 0.6) is 5.75 Å². The Morgan fingerprint density at radius 2 is 2.53 bits per heavy atom. The highest BCUT2D eigenvalue weighted by molar-refractivity contribution is 5.42. The van der Waals surface area contributed by atoms with E-state index in [2.05, 4.69) is 11.1 Å². The monoisotopic (exact) mass is 204 g/mol. The van der Waals surface area contributed by atoms with Gasteiger partial charge in [0.05, 0.1) is 30.7 Å². The van der Waals surface area contributed by atoms with Crippen molar-refractivity contribution < 1.29 is 9.47 Å². The second kappa shape index (κ2) is 4.28. The maximum absolute atomic E-state index is 8.92. The van der Waals surface area contributed by atoms with Gasteiger partial charge in [-0.3, -0.25) is 4.98 Å². The zero-order chi connectivity index (χ0) is 10.7. The molecule has 0 radical (unpaired) electrons. The Morgan fingerprint density at radius 3 is 3.13 bits per heavy atom. The van der Waals surface area contributed by atoms with Crippen LogP contribution in [0, 0.1) is 11.3 Å². The first kappa shape index (κ1) is 9.94. The Morgan fingerprint density at radius 1 is 1.67 bits per heavy atom. The molecule has 0 saturated carbocycles. The van der Waals surface area contributed by atoms with Crippen molar-refractivity contribution in [2.75, 3.05) is 13.7 Å². The number of hydrogen-bond acceptors (Lipinski definition) is 4. The second-order valence-corrected chi connectivity index (χ2v) is 3.42. The van der Waals surface area contributed by atoms with Crippen LogP contribution in [-0.4, -0.2) is 18.7 Å². The van der Waals surface area contributed by atoms with Crippen LogP contribution in [0.1, 0.15) is 30.2 Å². The summed E-state index contributed by atoms with van der Waals surface area (Å²) in [7, 11) is 1.53. The average Bonchev–Trinajstić information content (AvgIpc) is 2.81. The fourth-order valence-electron chi connectivity index (χ4n) is 1.70. The molecule has 1 unspecified atom stereocenters. The van der Waals surface area contributed by atoms with Crippen molar-refractivity contribution in [3.63, 3.8) is 0 Å². The molecule has 0 N–H and O–H groups in total. The summed E-state index contributed by atoms with van der Waals surface area (Å²) in [4.78, 5) is 4.24. The molecule has 0 bridgehead atoms. The van der Waals surface area contributed by atoms with Gasteiger partial charge in [0.1, 0.15) is 6.07 Å². The third kappa shape index (κ3) is 1.92. The molecule has 1 fully saturated rings. The molecular weight excluding hydrogens is 192 g/mol. The summed E-state index contributed by atoms with van der Waals surface area (Å²) >= 11 is 0. The number of aromatic nitrogens is 1. The van der Waals surface area contributed by atoms with Gasteiger partial charge in [0.15, 0.2) is 5.75 Å². The van der Waals surface area contributed by atoms with E-state index < -0.39 is 0 Å². The fraction of sp³-hybridized carbons (Fsp3) is 0.455. The van der Waals surface area contributed by atoms with E-state index in [9.17, 15) is 0 Å². The topological polar surface area (TPSA) is 55.1 Å². The first-order valence-electron chi connectivity index (χ1n) is 4.91. The second-order valence-electron chi connectivity index (χ2n) is 3.42. The smallest absolute Gasteiger partial charge is 0.154 e. The summed E-state index contributed by atoms with van der Waals surface area (Å²) in [6.45, 7) is 0.778. The molecule has 1 aliphatic heterocycles. The van der Waals surface area contributed by atoms with Gasteiger partial charge in [-0.1, -0.05) is 0 Å². The first-order valence-corrected chi connectivity index (χ1v) is 4.91. The number of pyridine rings is 1. The molecular formula is C11H12N2O2. The van der Waals surface area contributed by atoms with Gasteiger partial charge in [-0.25, -0.2) is 0 Å². The molecule has 4 heteroatoms. The summed E-state index contributed by atoms with van der Waals surface area (Å²) in [6.07, 6.45) is 3.66. The summed E-state index contributed by atoms with van der Waals surface area (Å²) < 4.78 is 10.5. The number of nitrogens with zero attached hydrogens (tertiary/aromatic N) is 2. The molecule has 0 spiro atoms. The minimum absolute atomic E-state index is 0.0445. The van der Waals surface area contributed by atoms with Crippen LogP contribution < -0.4 is 4.74 Å². The Balaban J connectivity index is 2.30. The fourth-order valence-corrected chi connectivity index (χ4v) is 1.70. The lowest BCUT2D eigenvalue weighted by Crippen LogP contribution is -2.01.